The SMILES string of the molecule is Cc1ccc(C(C)NC(C)c2c(Cl)ccc(F)c2Cl)cc1. The molecule has 0 saturated carbocycles. The Morgan fingerprint density at radius 1 is 0.952 bits per heavy atom. The smallest absolute Gasteiger partial charge is 0.142 e. The maximum atomic E-state index is 13.6. The van der Waals surface area contributed by atoms with E-state index in [1.807, 2.05) is 6.92 Å². The van der Waals surface area contributed by atoms with Gasteiger partial charge in [-0.3, -0.25) is 0 Å². The number of aryl methyl sites for hydroxylation is 1. The molecule has 4 heteroatoms. The number of benzene rings is 2. The van der Waals surface area contributed by atoms with Crippen LogP contribution < -0.4 is 5.32 Å². The van der Waals surface area contributed by atoms with E-state index < -0.39 is 5.82 Å². The molecule has 1 nitrogen and oxygen atoms in total. The number of hydrogen-bond acceptors (Lipinski definition) is 1. The highest BCUT2D eigenvalue weighted by Gasteiger charge is 2.19. The second-order valence-electron chi connectivity index (χ2n) is 5.28. The second kappa shape index (κ2) is 6.78. The van der Waals surface area contributed by atoms with Crippen LogP contribution in [0.2, 0.25) is 10.0 Å². The summed E-state index contributed by atoms with van der Waals surface area (Å²) in [6, 6.07) is 11.1. The van der Waals surface area contributed by atoms with E-state index in [-0.39, 0.29) is 17.1 Å². The molecule has 1 N–H and O–H groups in total. The van der Waals surface area contributed by atoms with Crippen molar-refractivity contribution in [2.75, 3.05) is 0 Å². The summed E-state index contributed by atoms with van der Waals surface area (Å²) in [5.74, 6) is -0.451. The van der Waals surface area contributed by atoms with Crippen LogP contribution in [0.25, 0.3) is 0 Å². The van der Waals surface area contributed by atoms with E-state index >= 15 is 0 Å². The number of halogens is 3. The van der Waals surface area contributed by atoms with E-state index in [2.05, 4.69) is 43.4 Å². The number of rotatable bonds is 4. The molecule has 2 aromatic rings. The van der Waals surface area contributed by atoms with Gasteiger partial charge in [-0.25, -0.2) is 4.39 Å². The number of hydrogen-bond donors (Lipinski definition) is 1. The molecule has 0 aliphatic carbocycles. The highest BCUT2D eigenvalue weighted by atomic mass is 35.5. The fourth-order valence-corrected chi connectivity index (χ4v) is 3.05. The van der Waals surface area contributed by atoms with Crippen LogP contribution in [-0.2, 0) is 0 Å². The molecule has 21 heavy (non-hydrogen) atoms. The highest BCUT2D eigenvalue weighted by molar-refractivity contribution is 6.36. The molecule has 0 fully saturated rings. The molecule has 2 unspecified atom stereocenters. The van der Waals surface area contributed by atoms with E-state index in [0.29, 0.717) is 10.6 Å². The Bertz CT molecular complexity index is 625. The lowest BCUT2D eigenvalue weighted by molar-refractivity contribution is 0.492. The van der Waals surface area contributed by atoms with Gasteiger partial charge in [0, 0.05) is 22.7 Å². The molecule has 0 saturated heterocycles. The molecule has 0 spiro atoms. The van der Waals surface area contributed by atoms with Gasteiger partial charge in [-0.05, 0) is 38.5 Å². The van der Waals surface area contributed by atoms with Crippen LogP contribution in [0.5, 0.6) is 0 Å². The Morgan fingerprint density at radius 3 is 2.19 bits per heavy atom. The molecule has 0 radical (unpaired) electrons. The predicted octanol–water partition coefficient (Wildman–Crippen LogP) is 5.85. The van der Waals surface area contributed by atoms with Crippen molar-refractivity contribution >= 4 is 23.2 Å². The summed E-state index contributed by atoms with van der Waals surface area (Å²) in [6.45, 7) is 6.04. The summed E-state index contributed by atoms with van der Waals surface area (Å²) in [5.41, 5.74) is 2.98. The average molecular weight is 326 g/mol. The third kappa shape index (κ3) is 3.76. The molecule has 0 bridgehead atoms. The van der Waals surface area contributed by atoms with E-state index in [9.17, 15) is 4.39 Å². The fourth-order valence-electron chi connectivity index (χ4n) is 2.35. The van der Waals surface area contributed by atoms with Crippen LogP contribution in [0, 0.1) is 12.7 Å². The maximum Gasteiger partial charge on any atom is 0.142 e. The van der Waals surface area contributed by atoms with Crippen LogP contribution in [-0.4, -0.2) is 0 Å². The van der Waals surface area contributed by atoms with Crippen LogP contribution in [0.15, 0.2) is 36.4 Å². The monoisotopic (exact) mass is 325 g/mol. The standard InChI is InChI=1S/C17H18Cl2FN/c1-10-4-6-13(7-5-10)11(2)21-12(3)16-14(18)8-9-15(20)17(16)19/h4-9,11-12,21H,1-3H3. The zero-order chi connectivity index (χ0) is 15.6. The Morgan fingerprint density at radius 2 is 1.57 bits per heavy atom. The lowest BCUT2D eigenvalue weighted by Gasteiger charge is -2.22. The lowest BCUT2D eigenvalue weighted by Crippen LogP contribution is -2.23. The molecule has 0 amide bonds. The van der Waals surface area contributed by atoms with Gasteiger partial charge in [0.15, 0.2) is 0 Å². The van der Waals surface area contributed by atoms with Crippen molar-refractivity contribution in [3.05, 3.63) is 69.0 Å². The summed E-state index contributed by atoms with van der Waals surface area (Å²) in [5, 5.41) is 3.96. The maximum absolute atomic E-state index is 13.6. The molecule has 0 aromatic heterocycles. The van der Waals surface area contributed by atoms with Crippen molar-refractivity contribution < 1.29 is 4.39 Å². The van der Waals surface area contributed by atoms with Crippen molar-refractivity contribution in [2.45, 2.75) is 32.9 Å². The first kappa shape index (κ1) is 16.3. The fraction of sp³-hybridized carbons (Fsp3) is 0.294. The second-order valence-corrected chi connectivity index (χ2v) is 6.06. The van der Waals surface area contributed by atoms with Gasteiger partial charge in [-0.2, -0.15) is 0 Å². The van der Waals surface area contributed by atoms with Gasteiger partial charge < -0.3 is 5.32 Å². The molecule has 2 aromatic carbocycles. The van der Waals surface area contributed by atoms with E-state index in [0.717, 1.165) is 5.56 Å². The highest BCUT2D eigenvalue weighted by Crippen LogP contribution is 2.33. The molecule has 112 valence electrons. The van der Waals surface area contributed by atoms with E-state index in [1.165, 1.54) is 17.7 Å². The van der Waals surface area contributed by atoms with Crippen LogP contribution >= 0.6 is 23.2 Å². The minimum absolute atomic E-state index is 0.0820. The van der Waals surface area contributed by atoms with Gasteiger partial charge in [-0.1, -0.05) is 53.0 Å². The van der Waals surface area contributed by atoms with Crippen molar-refractivity contribution in [2.24, 2.45) is 0 Å². The molecular formula is C17H18Cl2FN. The van der Waals surface area contributed by atoms with Gasteiger partial charge in [0.2, 0.25) is 0 Å². The largest absolute Gasteiger partial charge is 0.304 e. The van der Waals surface area contributed by atoms with E-state index in [4.69, 9.17) is 23.2 Å². The minimum atomic E-state index is -0.451. The Kier molecular flexibility index (Phi) is 5.26. The normalized spacial score (nSPS) is 14.0. The predicted molar refractivity (Wildman–Crippen MR) is 87.6 cm³/mol. The Balaban J connectivity index is 2.20. The van der Waals surface area contributed by atoms with Crippen LogP contribution in [0.1, 0.15) is 42.6 Å². The first-order valence-electron chi connectivity index (χ1n) is 6.86. The first-order valence-corrected chi connectivity index (χ1v) is 7.61. The zero-order valence-corrected chi connectivity index (χ0v) is 13.8. The third-order valence-electron chi connectivity index (χ3n) is 3.59. The summed E-state index contributed by atoms with van der Waals surface area (Å²) in [6.07, 6.45) is 0. The van der Waals surface area contributed by atoms with Gasteiger partial charge in [0.05, 0.1) is 5.02 Å². The van der Waals surface area contributed by atoms with Crippen molar-refractivity contribution in [1.82, 2.24) is 5.32 Å². The zero-order valence-electron chi connectivity index (χ0n) is 12.3. The average Bonchev–Trinajstić information content (AvgIpc) is 2.44. The summed E-state index contributed by atoms with van der Waals surface area (Å²) in [4.78, 5) is 0. The molecule has 2 rings (SSSR count). The molecule has 0 aliphatic rings. The Hall–Kier alpha value is -1.09. The third-order valence-corrected chi connectivity index (χ3v) is 4.30. The lowest BCUT2D eigenvalue weighted by atomic mass is 10.0. The minimum Gasteiger partial charge on any atom is -0.304 e. The molecule has 0 heterocycles. The Labute approximate surface area is 135 Å². The van der Waals surface area contributed by atoms with Gasteiger partial charge in [0.25, 0.3) is 0 Å². The molecule has 0 aliphatic heterocycles. The summed E-state index contributed by atoms with van der Waals surface area (Å²) >= 11 is 12.2. The van der Waals surface area contributed by atoms with Crippen molar-refractivity contribution in [3.8, 4) is 0 Å². The van der Waals surface area contributed by atoms with Crippen molar-refractivity contribution in [1.29, 1.82) is 0 Å². The van der Waals surface area contributed by atoms with Gasteiger partial charge in [-0.15, -0.1) is 0 Å². The van der Waals surface area contributed by atoms with Gasteiger partial charge in [0.1, 0.15) is 5.82 Å². The van der Waals surface area contributed by atoms with E-state index in [1.54, 1.807) is 0 Å². The topological polar surface area (TPSA) is 12.0 Å². The van der Waals surface area contributed by atoms with Crippen molar-refractivity contribution in [3.63, 3.8) is 0 Å². The van der Waals surface area contributed by atoms with Gasteiger partial charge >= 0.3 is 0 Å². The molecular weight excluding hydrogens is 308 g/mol. The quantitative estimate of drug-likeness (QED) is 0.695. The summed E-state index contributed by atoms with van der Waals surface area (Å²) < 4.78 is 13.6. The number of nitrogens with one attached hydrogen (secondary N) is 1. The van der Waals surface area contributed by atoms with Crippen LogP contribution in [0.3, 0.4) is 0 Å². The van der Waals surface area contributed by atoms with Crippen LogP contribution in [0.4, 0.5) is 4.39 Å². The first-order chi connectivity index (χ1) is 9.90. The summed E-state index contributed by atoms with van der Waals surface area (Å²) in [7, 11) is 0. The molecule has 2 atom stereocenters.